The van der Waals surface area contributed by atoms with Crippen molar-refractivity contribution in [3.05, 3.63) is 0 Å². The summed E-state index contributed by atoms with van der Waals surface area (Å²) in [5.74, 6) is -1.66. The van der Waals surface area contributed by atoms with Crippen molar-refractivity contribution in [2.45, 2.75) is 297 Å². The van der Waals surface area contributed by atoms with Crippen LogP contribution < -0.4 is 11.5 Å². The van der Waals surface area contributed by atoms with Crippen molar-refractivity contribution in [3.63, 3.8) is 0 Å². The smallest absolute Gasteiger partial charge is 0.462 e. The zero-order chi connectivity index (χ0) is 58.1. The fourth-order valence-electron chi connectivity index (χ4n) is 8.32. The van der Waals surface area contributed by atoms with Gasteiger partial charge in [-0.2, -0.15) is 0 Å². The summed E-state index contributed by atoms with van der Waals surface area (Å²) in [5.41, 5.74) is 10.6. The van der Waals surface area contributed by atoms with E-state index in [0.717, 1.165) is 64.2 Å². The summed E-state index contributed by atoms with van der Waals surface area (Å²) < 4.78 is 64.7. The molecule has 6 N–H and O–H groups in total. The number of phosphoric ester groups is 2. The van der Waals surface area contributed by atoms with E-state index in [1.54, 1.807) is 0 Å². The second kappa shape index (κ2) is 58.2. The Hall–Kier alpha value is -1.98. The molecule has 0 fully saturated rings. The van der Waals surface area contributed by atoms with E-state index >= 15 is 0 Å². The SMILES string of the molecule is CCCCCCCCCCCC(=O)OC[C@H](COP(=O)(O)OCCN)OC(=O)CCCCCCCCCCC.CCCCCCCCCCCC(=O)OC[C@H](COP(=O)(O)OCCN)OC(=O)CCCCCCCCCCC. The van der Waals surface area contributed by atoms with Crippen LogP contribution in [0.25, 0.3) is 0 Å². The monoisotopic (exact) mass is 1160 g/mol. The van der Waals surface area contributed by atoms with E-state index in [9.17, 15) is 38.1 Å². The fourth-order valence-corrected chi connectivity index (χ4v) is 9.85. The van der Waals surface area contributed by atoms with E-state index in [4.69, 9.17) is 48.5 Å². The van der Waals surface area contributed by atoms with Gasteiger partial charge >= 0.3 is 39.5 Å². The Morgan fingerprint density at radius 1 is 0.333 bits per heavy atom. The van der Waals surface area contributed by atoms with E-state index in [1.165, 1.54) is 154 Å². The highest BCUT2D eigenvalue weighted by Crippen LogP contribution is 2.44. The number of esters is 4. The molecular weight excluding hydrogens is 1040 g/mol. The molecule has 18 nitrogen and oxygen atoms in total. The van der Waals surface area contributed by atoms with Gasteiger partial charge in [0.1, 0.15) is 13.2 Å². The molecule has 464 valence electrons. The zero-order valence-electron chi connectivity index (χ0n) is 49.8. The topological polar surface area (TPSA) is 269 Å². The first-order valence-electron chi connectivity index (χ1n) is 31.0. The van der Waals surface area contributed by atoms with Crippen LogP contribution in [0.3, 0.4) is 0 Å². The van der Waals surface area contributed by atoms with Crippen LogP contribution in [0.1, 0.15) is 285 Å². The van der Waals surface area contributed by atoms with E-state index < -0.39 is 53.0 Å². The normalized spacial score (nSPS) is 13.6. The molecular formula is C58H116N2O16P2. The lowest BCUT2D eigenvalue weighted by Gasteiger charge is -2.19. The van der Waals surface area contributed by atoms with Crippen molar-refractivity contribution in [2.75, 3.05) is 52.7 Å². The number of carbonyl (C=O) groups is 4. The Labute approximate surface area is 473 Å². The Balaban J connectivity index is 0. The largest absolute Gasteiger partial charge is 0.472 e. The third kappa shape index (κ3) is 58.7. The van der Waals surface area contributed by atoms with Gasteiger partial charge in [0.05, 0.1) is 26.4 Å². The first kappa shape index (κ1) is 78.1. The minimum atomic E-state index is -4.35. The Morgan fingerprint density at radius 3 is 0.782 bits per heavy atom. The maximum absolute atomic E-state index is 12.4. The first-order valence-corrected chi connectivity index (χ1v) is 34.0. The summed E-state index contributed by atoms with van der Waals surface area (Å²) in [7, 11) is -8.70. The third-order valence-electron chi connectivity index (χ3n) is 13.0. The van der Waals surface area contributed by atoms with Crippen LogP contribution in [0.5, 0.6) is 0 Å². The Kier molecular flexibility index (Phi) is 58.3. The molecule has 0 amide bonds. The maximum Gasteiger partial charge on any atom is 0.472 e. The van der Waals surface area contributed by atoms with Crippen LogP contribution in [0.4, 0.5) is 0 Å². The summed E-state index contributed by atoms with van der Waals surface area (Å²) in [6.07, 6.45) is 40.1. The van der Waals surface area contributed by atoms with Gasteiger partial charge in [0.15, 0.2) is 12.2 Å². The average Bonchev–Trinajstić information content (AvgIpc) is 3.41. The van der Waals surface area contributed by atoms with Crippen molar-refractivity contribution in [1.82, 2.24) is 0 Å². The van der Waals surface area contributed by atoms with Gasteiger partial charge in [-0.3, -0.25) is 37.3 Å². The molecule has 2 unspecified atom stereocenters. The predicted molar refractivity (Wildman–Crippen MR) is 311 cm³/mol. The summed E-state index contributed by atoms with van der Waals surface area (Å²) in [6, 6.07) is 0. The second-order valence-electron chi connectivity index (χ2n) is 20.7. The van der Waals surface area contributed by atoms with Gasteiger partial charge in [-0.15, -0.1) is 0 Å². The number of carbonyl (C=O) groups excluding carboxylic acids is 4. The van der Waals surface area contributed by atoms with E-state index in [-0.39, 0.29) is 77.1 Å². The van der Waals surface area contributed by atoms with Gasteiger partial charge < -0.3 is 40.2 Å². The van der Waals surface area contributed by atoms with Crippen molar-refractivity contribution in [3.8, 4) is 0 Å². The van der Waals surface area contributed by atoms with Gasteiger partial charge in [-0.1, -0.05) is 233 Å². The summed E-state index contributed by atoms with van der Waals surface area (Å²) in [4.78, 5) is 68.6. The van der Waals surface area contributed by atoms with Gasteiger partial charge in [0.2, 0.25) is 0 Å². The maximum atomic E-state index is 12.4. The fraction of sp³-hybridized carbons (Fsp3) is 0.931. The van der Waals surface area contributed by atoms with Crippen LogP contribution in [-0.4, -0.2) is 98.6 Å². The molecule has 0 heterocycles. The zero-order valence-corrected chi connectivity index (χ0v) is 51.5. The lowest BCUT2D eigenvalue weighted by molar-refractivity contribution is -0.161. The van der Waals surface area contributed by atoms with Gasteiger partial charge in [0.25, 0.3) is 0 Å². The van der Waals surface area contributed by atoms with Crippen molar-refractivity contribution >= 4 is 39.5 Å². The summed E-state index contributed by atoms with van der Waals surface area (Å²) in [5, 5.41) is 0. The molecule has 0 rings (SSSR count). The van der Waals surface area contributed by atoms with Gasteiger partial charge in [-0.05, 0) is 25.7 Å². The van der Waals surface area contributed by atoms with Gasteiger partial charge in [0, 0.05) is 38.8 Å². The van der Waals surface area contributed by atoms with Crippen LogP contribution in [0.15, 0.2) is 0 Å². The summed E-state index contributed by atoms with van der Waals surface area (Å²) >= 11 is 0. The molecule has 20 heteroatoms. The van der Waals surface area contributed by atoms with Crippen LogP contribution in [0.2, 0.25) is 0 Å². The molecule has 0 spiro atoms. The minimum Gasteiger partial charge on any atom is -0.462 e. The van der Waals surface area contributed by atoms with Crippen molar-refractivity contribution in [2.24, 2.45) is 11.5 Å². The first-order chi connectivity index (χ1) is 37.7. The highest BCUT2D eigenvalue weighted by molar-refractivity contribution is 7.47. The molecule has 4 atom stereocenters. The molecule has 0 aliphatic carbocycles. The number of ether oxygens (including phenoxy) is 4. The van der Waals surface area contributed by atoms with E-state index in [0.29, 0.717) is 12.8 Å². The van der Waals surface area contributed by atoms with Crippen molar-refractivity contribution in [1.29, 1.82) is 0 Å². The minimum absolute atomic E-state index is 0.0571. The van der Waals surface area contributed by atoms with Gasteiger partial charge in [-0.25, -0.2) is 9.13 Å². The molecule has 0 aromatic rings. The molecule has 0 radical (unpaired) electrons. The lowest BCUT2D eigenvalue weighted by atomic mass is 10.1. The number of hydrogen-bond donors (Lipinski definition) is 4. The molecule has 0 saturated heterocycles. The molecule has 0 bridgehead atoms. The van der Waals surface area contributed by atoms with E-state index in [1.807, 2.05) is 0 Å². The lowest BCUT2D eigenvalue weighted by Crippen LogP contribution is -2.29. The third-order valence-corrected chi connectivity index (χ3v) is 15.0. The van der Waals surface area contributed by atoms with Crippen LogP contribution in [-0.2, 0) is 65.4 Å². The molecule has 0 saturated carbocycles. The number of phosphoric acid groups is 2. The van der Waals surface area contributed by atoms with Crippen LogP contribution in [0, 0.1) is 0 Å². The molecule has 0 aliphatic rings. The molecule has 0 aliphatic heterocycles. The number of rotatable bonds is 58. The standard InChI is InChI=1S/2C29H58NO8P/c2*1-3-5-7-9-11-13-15-17-19-21-28(31)35-25-27(26-37-39(33,34)36-24-23-30)38-29(32)22-20-18-16-14-12-10-8-6-4-2/h2*27H,3-26,30H2,1-2H3,(H,33,34)/t2*27-/m11/s1. The second-order valence-corrected chi connectivity index (χ2v) is 23.6. The predicted octanol–water partition coefficient (Wildman–Crippen LogP) is 14.8. The van der Waals surface area contributed by atoms with E-state index in [2.05, 4.69) is 27.7 Å². The highest BCUT2D eigenvalue weighted by Gasteiger charge is 2.27. The van der Waals surface area contributed by atoms with Crippen LogP contribution >= 0.6 is 15.6 Å². The Morgan fingerprint density at radius 2 is 0.551 bits per heavy atom. The van der Waals surface area contributed by atoms with Crippen molar-refractivity contribution < 1.29 is 75.1 Å². The molecule has 78 heavy (non-hydrogen) atoms. The highest BCUT2D eigenvalue weighted by atomic mass is 31.2. The Bertz CT molecular complexity index is 1370. The quantitative estimate of drug-likeness (QED) is 0.0191. The summed E-state index contributed by atoms with van der Waals surface area (Å²) in [6.45, 7) is 7.32. The number of unbranched alkanes of at least 4 members (excludes halogenated alkanes) is 32. The molecule has 0 aromatic heterocycles. The molecule has 0 aromatic carbocycles. The number of hydrogen-bond acceptors (Lipinski definition) is 16. The number of nitrogens with two attached hydrogens (primary N) is 2. The average molecular weight is 1160 g/mol.